The molecule has 1 N–H and O–H groups in total. The second kappa shape index (κ2) is 9.97. The maximum atomic E-state index is 14.2. The average molecular weight is 649 g/mol. The Labute approximate surface area is 255 Å². The van der Waals surface area contributed by atoms with E-state index in [0.29, 0.717) is 21.2 Å². The number of benzene rings is 2. The smallest absolute Gasteiger partial charge is 0.269 e. The Morgan fingerprint density at radius 2 is 1.72 bits per heavy atom. The molecule has 6 atom stereocenters. The van der Waals surface area contributed by atoms with E-state index in [4.69, 9.17) is 4.74 Å². The number of phenols is 1. The van der Waals surface area contributed by atoms with Crippen LogP contribution in [-0.2, 0) is 19.2 Å². The maximum absolute atomic E-state index is 14.2. The quantitative estimate of drug-likeness (QED) is 0.200. The zero-order valence-corrected chi connectivity index (χ0v) is 25.5. The third-order valence-corrected chi connectivity index (χ3v) is 10.7. The van der Waals surface area contributed by atoms with E-state index in [2.05, 4.69) is 15.9 Å². The van der Waals surface area contributed by atoms with Gasteiger partial charge in [-0.25, -0.2) is 0 Å². The van der Waals surface area contributed by atoms with Crippen LogP contribution in [0.15, 0.2) is 63.7 Å². The number of nitro benzene ring substituents is 1. The summed E-state index contributed by atoms with van der Waals surface area (Å²) in [6.45, 7) is 5.12. The van der Waals surface area contributed by atoms with Gasteiger partial charge in [-0.3, -0.25) is 34.2 Å². The Hall–Kier alpha value is -4.12. The van der Waals surface area contributed by atoms with Gasteiger partial charge in [0.2, 0.25) is 11.8 Å². The number of allylic oxidation sites excluding steroid dienone is 4. The second-order valence-electron chi connectivity index (χ2n) is 12.0. The van der Waals surface area contributed by atoms with Gasteiger partial charge in [-0.2, -0.15) is 0 Å². The van der Waals surface area contributed by atoms with Gasteiger partial charge in [0.1, 0.15) is 0 Å². The molecule has 11 heteroatoms. The first kappa shape index (κ1) is 29.0. The summed E-state index contributed by atoms with van der Waals surface area (Å²) in [7, 11) is 1.42. The Morgan fingerprint density at radius 1 is 1.05 bits per heavy atom. The van der Waals surface area contributed by atoms with Gasteiger partial charge in [-0.05, 0) is 89.5 Å². The molecule has 0 radical (unpaired) electrons. The molecular weight excluding hydrogens is 620 g/mol. The minimum Gasteiger partial charge on any atom is -0.503 e. The molecule has 0 spiro atoms. The van der Waals surface area contributed by atoms with Crippen molar-refractivity contribution in [2.24, 2.45) is 29.1 Å². The molecule has 2 amide bonds. The number of hydrogen-bond donors (Lipinski definition) is 1. The first-order valence-corrected chi connectivity index (χ1v) is 14.8. The molecule has 1 heterocycles. The molecule has 2 aromatic rings. The number of aromatic hydroxyl groups is 1. The molecule has 6 rings (SSSR count). The monoisotopic (exact) mass is 648 g/mol. The van der Waals surface area contributed by atoms with Crippen molar-refractivity contribution >= 4 is 50.7 Å². The molecule has 0 bridgehead atoms. The number of imide groups is 1. The van der Waals surface area contributed by atoms with Crippen LogP contribution in [0.2, 0.25) is 0 Å². The predicted molar refractivity (Wildman–Crippen MR) is 158 cm³/mol. The average Bonchev–Trinajstić information content (AvgIpc) is 3.25. The molecular formula is C32H29BrN2O8. The van der Waals surface area contributed by atoms with Crippen molar-refractivity contribution in [3.63, 3.8) is 0 Å². The summed E-state index contributed by atoms with van der Waals surface area (Å²) < 4.78 is 5.78. The molecule has 1 saturated carbocycles. The minimum atomic E-state index is -1.18. The van der Waals surface area contributed by atoms with Crippen molar-refractivity contribution in [3.8, 4) is 11.5 Å². The number of Topliss-reactive ketones (excluding diaryl/α,β-unsaturated/α-hetero) is 2. The number of nitro groups is 1. The number of fused-ring (bicyclic) bond motifs is 4. The first-order chi connectivity index (χ1) is 20.3. The molecule has 43 heavy (non-hydrogen) atoms. The molecule has 0 aromatic heterocycles. The maximum Gasteiger partial charge on any atom is 0.269 e. The van der Waals surface area contributed by atoms with Gasteiger partial charge in [0, 0.05) is 24.0 Å². The lowest BCUT2D eigenvalue weighted by Crippen LogP contribution is -2.55. The molecule has 2 aromatic carbocycles. The second-order valence-corrected chi connectivity index (χ2v) is 12.8. The number of anilines is 1. The molecule has 4 aliphatic rings. The van der Waals surface area contributed by atoms with Crippen molar-refractivity contribution < 1.29 is 33.9 Å². The number of amides is 2. The van der Waals surface area contributed by atoms with E-state index in [-0.39, 0.29) is 47.3 Å². The fourth-order valence-electron chi connectivity index (χ4n) is 7.85. The van der Waals surface area contributed by atoms with Gasteiger partial charge in [-0.1, -0.05) is 18.6 Å². The van der Waals surface area contributed by atoms with Crippen LogP contribution >= 0.6 is 15.9 Å². The molecule has 0 unspecified atom stereocenters. The highest BCUT2D eigenvalue weighted by atomic mass is 79.9. The molecule has 1 aliphatic heterocycles. The predicted octanol–water partition coefficient (Wildman–Crippen LogP) is 5.42. The van der Waals surface area contributed by atoms with E-state index in [1.165, 1.54) is 31.4 Å². The van der Waals surface area contributed by atoms with E-state index in [1.54, 1.807) is 32.9 Å². The zero-order valence-electron chi connectivity index (χ0n) is 23.9. The molecule has 222 valence electrons. The van der Waals surface area contributed by atoms with E-state index < -0.39 is 51.7 Å². The number of hydrogen-bond acceptors (Lipinski definition) is 8. The lowest BCUT2D eigenvalue weighted by Gasteiger charge is -2.54. The lowest BCUT2D eigenvalue weighted by atomic mass is 9.46. The summed E-state index contributed by atoms with van der Waals surface area (Å²) in [4.78, 5) is 67.5. The lowest BCUT2D eigenvalue weighted by molar-refractivity contribution is -0.384. The molecule has 2 fully saturated rings. The Bertz CT molecular complexity index is 1710. The van der Waals surface area contributed by atoms with Gasteiger partial charge in [0.15, 0.2) is 23.1 Å². The van der Waals surface area contributed by atoms with Gasteiger partial charge in [0.25, 0.3) is 5.69 Å². The van der Waals surface area contributed by atoms with E-state index >= 15 is 0 Å². The third kappa shape index (κ3) is 3.97. The summed E-state index contributed by atoms with van der Waals surface area (Å²) in [6.07, 6.45) is 2.42. The third-order valence-electron chi connectivity index (χ3n) is 10.1. The Balaban J connectivity index is 1.50. The first-order valence-electron chi connectivity index (χ1n) is 14.0. The standard InChI is InChI=1S/C32H29BrN2O8/c1-14-15(2)29(38)32(3)22(27(14)36)13-21-19(26(32)16-11-23(33)28(37)24(12-16)43-4)9-10-20-25(21)31(40)34(30(20)39)17-5-7-18(8-6-17)35(41)42/h5-9,11-12,20-22,25-26,37H,10,13H2,1-4H3/t20-,21+,22-,25-,26-,32+/m0/s1. The van der Waals surface area contributed by atoms with Crippen LogP contribution in [0.4, 0.5) is 11.4 Å². The van der Waals surface area contributed by atoms with Crippen molar-refractivity contribution in [1.82, 2.24) is 0 Å². The largest absolute Gasteiger partial charge is 0.503 e. The Kier molecular flexibility index (Phi) is 6.72. The number of phenolic OH excluding ortho intramolecular Hbond substituents is 1. The topological polar surface area (TPSA) is 144 Å². The van der Waals surface area contributed by atoms with Crippen LogP contribution in [0.3, 0.4) is 0 Å². The van der Waals surface area contributed by atoms with Crippen LogP contribution < -0.4 is 9.64 Å². The fraction of sp³-hybridized carbons (Fsp3) is 0.375. The van der Waals surface area contributed by atoms with Crippen molar-refractivity contribution in [3.05, 3.63) is 79.3 Å². The SMILES string of the molecule is COc1cc([C@H]2C3=CC[C@@H]4C(=O)N(c5ccc([N+](=O)[O-])cc5)C(=O)[C@@H]4[C@@H]3C[C@H]3C(=O)C(C)=C(C)C(=O)[C@@]23C)cc(Br)c1O. The zero-order chi connectivity index (χ0) is 31.1. The highest BCUT2D eigenvalue weighted by Crippen LogP contribution is 2.63. The fourth-order valence-corrected chi connectivity index (χ4v) is 8.31. The number of ketones is 2. The number of methoxy groups -OCH3 is 1. The summed E-state index contributed by atoms with van der Waals surface area (Å²) in [6, 6.07) is 8.66. The summed E-state index contributed by atoms with van der Waals surface area (Å²) in [5.41, 5.74) is 1.16. The van der Waals surface area contributed by atoms with Gasteiger partial charge in [0.05, 0.1) is 39.4 Å². The van der Waals surface area contributed by atoms with E-state index in [0.717, 1.165) is 10.5 Å². The number of nitrogens with zero attached hydrogens (tertiary/aromatic N) is 2. The van der Waals surface area contributed by atoms with Crippen LogP contribution in [0.5, 0.6) is 11.5 Å². The Morgan fingerprint density at radius 3 is 2.35 bits per heavy atom. The number of halogens is 1. The van der Waals surface area contributed by atoms with Gasteiger partial charge in [-0.15, -0.1) is 0 Å². The summed E-state index contributed by atoms with van der Waals surface area (Å²) in [5.74, 6) is -4.37. The highest BCUT2D eigenvalue weighted by molar-refractivity contribution is 9.10. The number of rotatable bonds is 4. The van der Waals surface area contributed by atoms with E-state index in [9.17, 15) is 34.4 Å². The summed E-state index contributed by atoms with van der Waals surface area (Å²) in [5, 5.41) is 21.7. The normalized spacial score (nSPS) is 30.1. The number of carbonyl (C=O) groups is 4. The molecule has 1 saturated heterocycles. The summed E-state index contributed by atoms with van der Waals surface area (Å²) >= 11 is 3.40. The van der Waals surface area contributed by atoms with Crippen molar-refractivity contribution in [2.75, 3.05) is 12.0 Å². The van der Waals surface area contributed by atoms with Gasteiger partial charge >= 0.3 is 0 Å². The van der Waals surface area contributed by atoms with Crippen molar-refractivity contribution in [2.45, 2.75) is 39.5 Å². The number of ether oxygens (including phenoxy) is 1. The van der Waals surface area contributed by atoms with E-state index in [1.807, 2.05) is 6.08 Å². The van der Waals surface area contributed by atoms with Crippen LogP contribution in [0.1, 0.15) is 45.1 Å². The van der Waals surface area contributed by atoms with Crippen LogP contribution in [0.25, 0.3) is 0 Å². The minimum absolute atomic E-state index is 0.105. The van der Waals surface area contributed by atoms with Crippen LogP contribution in [-0.4, -0.2) is 40.5 Å². The number of carbonyl (C=O) groups excluding carboxylic acids is 4. The van der Waals surface area contributed by atoms with Crippen LogP contribution in [0, 0.1) is 39.2 Å². The van der Waals surface area contributed by atoms with Gasteiger partial charge < -0.3 is 9.84 Å². The van der Waals surface area contributed by atoms with Crippen molar-refractivity contribution in [1.29, 1.82) is 0 Å². The number of non-ortho nitro benzene ring substituents is 1. The molecule has 3 aliphatic carbocycles. The highest BCUT2D eigenvalue weighted by Gasteiger charge is 2.64. The molecule has 10 nitrogen and oxygen atoms in total.